The van der Waals surface area contributed by atoms with Gasteiger partial charge in [-0.05, 0) is 141 Å². The molecule has 0 aliphatic heterocycles. The third-order valence-electron chi connectivity index (χ3n) is 11.3. The van der Waals surface area contributed by atoms with E-state index in [1.807, 2.05) is 12.1 Å². The van der Waals surface area contributed by atoms with Crippen molar-refractivity contribution >= 4 is 61.7 Å². The minimum absolute atomic E-state index is 0.198. The van der Waals surface area contributed by atoms with Gasteiger partial charge in [0.2, 0.25) is 0 Å². The van der Waals surface area contributed by atoms with Gasteiger partial charge in [0.1, 0.15) is 0 Å². The molecule has 302 valence electrons. The van der Waals surface area contributed by atoms with Gasteiger partial charge in [-0.2, -0.15) is 0 Å². The van der Waals surface area contributed by atoms with Crippen molar-refractivity contribution in [3.8, 4) is 44.5 Å². The van der Waals surface area contributed by atoms with Crippen LogP contribution in [0.1, 0.15) is 26.3 Å². The maximum Gasteiger partial charge on any atom is 0.0540 e. The average molecular weight is 886 g/mol. The van der Waals surface area contributed by atoms with E-state index in [2.05, 4.69) is 259 Å². The molecule has 0 unspecified atom stereocenters. The van der Waals surface area contributed by atoms with Crippen molar-refractivity contribution in [1.82, 2.24) is 0 Å². The predicted molar refractivity (Wildman–Crippen MR) is 269 cm³/mol. The van der Waals surface area contributed by atoms with Gasteiger partial charge in [0.15, 0.2) is 0 Å². The van der Waals surface area contributed by atoms with Crippen molar-refractivity contribution < 1.29 is 0 Å². The second-order valence-electron chi connectivity index (χ2n) is 16.6. The maximum atomic E-state index is 6.87. The van der Waals surface area contributed by atoms with Gasteiger partial charge in [-0.3, -0.25) is 0 Å². The lowest BCUT2D eigenvalue weighted by molar-refractivity contribution is 0.590. The van der Waals surface area contributed by atoms with E-state index in [0.717, 1.165) is 77.5 Å². The molecule has 0 saturated carbocycles. The smallest absolute Gasteiger partial charge is 0.0540 e. The number of anilines is 6. The van der Waals surface area contributed by atoms with Gasteiger partial charge in [-0.25, -0.2) is 0 Å². The minimum Gasteiger partial charge on any atom is -0.310 e. The lowest BCUT2D eigenvalue weighted by Gasteiger charge is -2.33. The molecule has 0 aliphatic rings. The van der Waals surface area contributed by atoms with Crippen molar-refractivity contribution in [1.29, 1.82) is 0 Å². The first-order chi connectivity index (χ1) is 30.2. The zero-order valence-corrected chi connectivity index (χ0v) is 37.4. The van der Waals surface area contributed by atoms with Crippen molar-refractivity contribution in [3.05, 3.63) is 240 Å². The number of hydrogen-bond donors (Lipinski definition) is 0. The van der Waals surface area contributed by atoms with E-state index in [4.69, 9.17) is 11.6 Å². The molecule has 0 spiro atoms. The van der Waals surface area contributed by atoms with Crippen LogP contribution in [0.5, 0.6) is 0 Å². The molecule has 2 nitrogen and oxygen atoms in total. The van der Waals surface area contributed by atoms with Crippen LogP contribution in [0.3, 0.4) is 0 Å². The van der Waals surface area contributed by atoms with Gasteiger partial charge in [0, 0.05) is 43.5 Å². The summed E-state index contributed by atoms with van der Waals surface area (Å²) < 4.78 is 1.02. The SMILES string of the molecule is CC(C)(C)c1cc(N(c2cccc(Cl)c2)c2cc(-c3ccccc3)cc(-c3ccccc3)c2)cc(N(c2ccc(Br)cc2)c2ccc(-c3ccccc3)cc2-c2ccccc2)c1. The fourth-order valence-corrected chi connectivity index (χ4v) is 8.54. The molecule has 9 aromatic carbocycles. The highest BCUT2D eigenvalue weighted by atomic mass is 79.9. The predicted octanol–water partition coefficient (Wildman–Crippen LogP) is 18.0. The number of benzene rings is 9. The van der Waals surface area contributed by atoms with Crippen LogP contribution in [-0.4, -0.2) is 0 Å². The molecule has 62 heavy (non-hydrogen) atoms. The van der Waals surface area contributed by atoms with Crippen LogP contribution in [-0.2, 0) is 5.41 Å². The summed E-state index contributed by atoms with van der Waals surface area (Å²) in [5, 5.41) is 0.671. The van der Waals surface area contributed by atoms with Crippen LogP contribution in [0.15, 0.2) is 229 Å². The Balaban J connectivity index is 1.33. The summed E-state index contributed by atoms with van der Waals surface area (Å²) in [6.45, 7) is 6.87. The zero-order chi connectivity index (χ0) is 42.6. The van der Waals surface area contributed by atoms with Gasteiger partial charge in [0.25, 0.3) is 0 Å². The zero-order valence-electron chi connectivity index (χ0n) is 35.0. The third kappa shape index (κ3) is 8.88. The first kappa shape index (κ1) is 40.7. The highest BCUT2D eigenvalue weighted by Crippen LogP contribution is 2.48. The fraction of sp³-hybridized carbons (Fsp3) is 0.0690. The summed E-state index contributed by atoms with van der Waals surface area (Å²) in [6, 6.07) is 80.2. The molecule has 0 amide bonds. The molecule has 0 atom stereocenters. The van der Waals surface area contributed by atoms with Crippen LogP contribution in [0.4, 0.5) is 34.1 Å². The molecule has 0 bridgehead atoms. The van der Waals surface area contributed by atoms with Gasteiger partial charge in [0.05, 0.1) is 5.69 Å². The maximum absolute atomic E-state index is 6.87. The fourth-order valence-electron chi connectivity index (χ4n) is 8.09. The van der Waals surface area contributed by atoms with E-state index in [-0.39, 0.29) is 5.41 Å². The first-order valence-electron chi connectivity index (χ1n) is 21.0. The van der Waals surface area contributed by atoms with Gasteiger partial charge in [-0.15, -0.1) is 0 Å². The topological polar surface area (TPSA) is 6.48 Å². The molecule has 0 radical (unpaired) electrons. The second-order valence-corrected chi connectivity index (χ2v) is 17.9. The van der Waals surface area contributed by atoms with Crippen LogP contribution in [0, 0.1) is 0 Å². The average Bonchev–Trinajstić information content (AvgIpc) is 3.31. The van der Waals surface area contributed by atoms with E-state index < -0.39 is 0 Å². The number of nitrogens with zero attached hydrogens (tertiary/aromatic N) is 2. The highest BCUT2D eigenvalue weighted by Gasteiger charge is 2.25. The van der Waals surface area contributed by atoms with Crippen LogP contribution < -0.4 is 9.80 Å². The first-order valence-corrected chi connectivity index (χ1v) is 22.1. The molecule has 0 heterocycles. The Labute approximate surface area is 379 Å². The summed E-state index contributed by atoms with van der Waals surface area (Å²) >= 11 is 10.6. The highest BCUT2D eigenvalue weighted by molar-refractivity contribution is 9.10. The molecule has 0 N–H and O–H groups in total. The molecule has 9 rings (SSSR count). The number of rotatable bonds is 10. The lowest BCUT2D eigenvalue weighted by Crippen LogP contribution is -2.18. The summed E-state index contributed by atoms with van der Waals surface area (Å²) in [5.74, 6) is 0. The minimum atomic E-state index is -0.198. The normalized spacial score (nSPS) is 11.3. The lowest BCUT2D eigenvalue weighted by atomic mass is 9.86. The Morgan fingerprint density at radius 2 is 0.855 bits per heavy atom. The monoisotopic (exact) mass is 884 g/mol. The van der Waals surface area contributed by atoms with E-state index in [1.54, 1.807) is 0 Å². The van der Waals surface area contributed by atoms with Crippen LogP contribution in [0.2, 0.25) is 5.02 Å². The molecule has 0 fully saturated rings. The molecular formula is C58H46BrClN2. The Kier molecular flexibility index (Phi) is 11.7. The standard InChI is InChI=1S/C58H46BrClN2/c1-58(2,3)48-37-54(61(52-26-16-25-50(60)39-52)53-34-46(42-19-10-5-11-20-42)33-47(35-53)43-21-12-6-13-22-43)40-55(38-48)62(51-30-28-49(59)29-31-51)57-32-27-45(41-17-8-4-9-18-41)36-56(57)44-23-14-7-15-24-44/h4-40H,1-3H3. The van der Waals surface area contributed by atoms with Crippen LogP contribution >= 0.6 is 27.5 Å². The Morgan fingerprint density at radius 1 is 0.355 bits per heavy atom. The van der Waals surface area contributed by atoms with Gasteiger partial charge < -0.3 is 9.80 Å². The summed E-state index contributed by atoms with van der Waals surface area (Å²) in [4.78, 5) is 4.77. The quantitative estimate of drug-likeness (QED) is 0.135. The Bertz CT molecular complexity index is 2890. The van der Waals surface area contributed by atoms with E-state index >= 15 is 0 Å². The Morgan fingerprint density at radius 3 is 1.39 bits per heavy atom. The van der Waals surface area contributed by atoms with Crippen molar-refractivity contribution in [2.24, 2.45) is 0 Å². The summed E-state index contributed by atoms with van der Waals surface area (Å²) in [7, 11) is 0. The second kappa shape index (κ2) is 17.8. The molecule has 9 aromatic rings. The number of halogens is 2. The molecule has 0 aliphatic carbocycles. The largest absolute Gasteiger partial charge is 0.310 e. The van der Waals surface area contributed by atoms with E-state index in [9.17, 15) is 0 Å². The summed E-state index contributed by atoms with van der Waals surface area (Å²) in [6.07, 6.45) is 0. The van der Waals surface area contributed by atoms with Crippen molar-refractivity contribution in [3.63, 3.8) is 0 Å². The van der Waals surface area contributed by atoms with E-state index in [1.165, 1.54) is 11.1 Å². The van der Waals surface area contributed by atoms with Crippen LogP contribution in [0.25, 0.3) is 44.5 Å². The third-order valence-corrected chi connectivity index (χ3v) is 12.0. The van der Waals surface area contributed by atoms with E-state index in [0.29, 0.717) is 5.02 Å². The van der Waals surface area contributed by atoms with Crippen molar-refractivity contribution in [2.45, 2.75) is 26.2 Å². The number of hydrogen-bond acceptors (Lipinski definition) is 2. The van der Waals surface area contributed by atoms with Gasteiger partial charge >= 0.3 is 0 Å². The molecule has 0 saturated heterocycles. The molecular weight excluding hydrogens is 840 g/mol. The van der Waals surface area contributed by atoms with Crippen molar-refractivity contribution in [2.75, 3.05) is 9.80 Å². The summed E-state index contributed by atoms with van der Waals surface area (Å²) in [5.41, 5.74) is 16.3. The molecule has 0 aromatic heterocycles. The van der Waals surface area contributed by atoms with Gasteiger partial charge in [-0.1, -0.05) is 182 Å². The molecule has 4 heteroatoms. The Hall–Kier alpha value is -6.65.